The summed E-state index contributed by atoms with van der Waals surface area (Å²) in [5.41, 5.74) is 3.89. The molecule has 4 aromatic carbocycles. The summed E-state index contributed by atoms with van der Waals surface area (Å²) < 4.78 is 7.71. The summed E-state index contributed by atoms with van der Waals surface area (Å²) in [6.45, 7) is 1.53. The van der Waals surface area contributed by atoms with Crippen molar-refractivity contribution in [1.29, 1.82) is 0 Å². The van der Waals surface area contributed by atoms with Crippen LogP contribution in [0.2, 0.25) is 0 Å². The lowest BCUT2D eigenvalue weighted by atomic mass is 9.77. The van der Waals surface area contributed by atoms with Crippen molar-refractivity contribution in [2.24, 2.45) is 0 Å². The Labute approximate surface area is 256 Å². The highest BCUT2D eigenvalue weighted by atomic mass is 16.5. The maximum atomic E-state index is 13.2. The van der Waals surface area contributed by atoms with Crippen molar-refractivity contribution in [3.63, 3.8) is 0 Å². The van der Waals surface area contributed by atoms with Crippen molar-refractivity contribution >= 4 is 22.8 Å². The molecule has 0 spiro atoms. The minimum Gasteiger partial charge on any atom is -0.479 e. The molecule has 0 radical (unpaired) electrons. The van der Waals surface area contributed by atoms with E-state index in [0.717, 1.165) is 22.3 Å². The molecule has 0 bridgehead atoms. The Balaban J connectivity index is 1.57. The van der Waals surface area contributed by atoms with E-state index >= 15 is 0 Å². The highest BCUT2D eigenvalue weighted by Crippen LogP contribution is 2.44. The van der Waals surface area contributed by atoms with Crippen LogP contribution in [0.5, 0.6) is 5.88 Å². The largest absolute Gasteiger partial charge is 0.479 e. The van der Waals surface area contributed by atoms with Crippen LogP contribution in [-0.2, 0) is 12.1 Å². The second kappa shape index (κ2) is 12.4. The van der Waals surface area contributed by atoms with Crippen LogP contribution in [0.3, 0.4) is 0 Å². The van der Waals surface area contributed by atoms with Crippen molar-refractivity contribution in [2.45, 2.75) is 25.1 Å². The van der Waals surface area contributed by atoms with Gasteiger partial charge in [-0.15, -0.1) is 5.10 Å². The molecule has 0 fully saturated rings. The van der Waals surface area contributed by atoms with Gasteiger partial charge in [0.05, 0.1) is 36.4 Å². The molecular formula is C36H33N5O3. The Morgan fingerprint density at radius 2 is 1.34 bits per heavy atom. The number of aliphatic hydroxyl groups excluding tert-OH is 1. The molecule has 220 valence electrons. The number of fused-ring (bicyclic) bond motifs is 1. The first-order valence-electron chi connectivity index (χ1n) is 14.4. The fraction of sp³-hybridized carbons (Fsp3) is 0.139. The smallest absolute Gasteiger partial charge is 0.320 e. The fourth-order valence-electron chi connectivity index (χ4n) is 5.83. The predicted molar refractivity (Wildman–Crippen MR) is 172 cm³/mol. The highest BCUT2D eigenvalue weighted by Gasteiger charge is 2.41. The second-order valence-electron chi connectivity index (χ2n) is 10.5. The molecule has 44 heavy (non-hydrogen) atoms. The first kappa shape index (κ1) is 28.6. The number of anilines is 1. The van der Waals surface area contributed by atoms with E-state index in [1.807, 2.05) is 96.5 Å². The fourth-order valence-corrected chi connectivity index (χ4v) is 5.83. The Morgan fingerprint density at radius 3 is 1.82 bits per heavy atom. The average Bonchev–Trinajstić information content (AvgIpc) is 3.45. The van der Waals surface area contributed by atoms with Gasteiger partial charge in [0.2, 0.25) is 5.88 Å². The standard InChI is InChI=1S/C36H33N5O3/c1-25(26-15-7-3-8-16-26)37-35(43)39-32-23-31-33(30(24-42)38-32)34(44-2)40-41(31)36(27-17-9-4-10-18-27,28-19-11-5-12-20-28)29-21-13-6-14-22-29/h3-23,25,42H,24H2,1-2H3,(H2,37,38,39,43). The van der Waals surface area contributed by atoms with E-state index in [0.29, 0.717) is 22.5 Å². The summed E-state index contributed by atoms with van der Waals surface area (Å²) in [6, 6.07) is 41.3. The number of amides is 2. The Hall–Kier alpha value is -5.47. The third-order valence-corrected chi connectivity index (χ3v) is 7.83. The summed E-state index contributed by atoms with van der Waals surface area (Å²) in [5, 5.41) is 21.9. The van der Waals surface area contributed by atoms with Gasteiger partial charge in [-0.2, -0.15) is 0 Å². The molecule has 0 aliphatic heterocycles. The first-order chi connectivity index (χ1) is 21.6. The predicted octanol–water partition coefficient (Wildman–Crippen LogP) is 6.66. The van der Waals surface area contributed by atoms with E-state index in [1.54, 1.807) is 13.2 Å². The number of pyridine rings is 1. The van der Waals surface area contributed by atoms with Gasteiger partial charge in [-0.05, 0) is 29.2 Å². The van der Waals surface area contributed by atoms with Gasteiger partial charge in [0.25, 0.3) is 0 Å². The molecule has 8 heteroatoms. The van der Waals surface area contributed by atoms with Gasteiger partial charge in [-0.3, -0.25) is 5.32 Å². The molecule has 2 aromatic heterocycles. The Kier molecular flexibility index (Phi) is 8.08. The second-order valence-corrected chi connectivity index (χ2v) is 10.5. The monoisotopic (exact) mass is 583 g/mol. The molecule has 6 aromatic rings. The zero-order chi connectivity index (χ0) is 30.5. The number of nitrogens with zero attached hydrogens (tertiary/aromatic N) is 3. The molecule has 6 rings (SSSR count). The van der Waals surface area contributed by atoms with Crippen LogP contribution < -0.4 is 15.4 Å². The number of aliphatic hydroxyl groups is 1. The van der Waals surface area contributed by atoms with Gasteiger partial charge in [0.15, 0.2) is 0 Å². The van der Waals surface area contributed by atoms with Gasteiger partial charge in [-0.1, -0.05) is 121 Å². The number of benzene rings is 4. The highest BCUT2D eigenvalue weighted by molar-refractivity contribution is 5.94. The van der Waals surface area contributed by atoms with Crippen molar-refractivity contribution < 1.29 is 14.6 Å². The SMILES string of the molecule is COc1nn(C(c2ccccc2)(c2ccccc2)c2ccccc2)c2cc(NC(=O)NC(C)c3ccccc3)nc(CO)c12. The molecule has 1 unspecified atom stereocenters. The Bertz CT molecular complexity index is 1760. The number of carbonyl (C=O) groups is 1. The molecule has 1 atom stereocenters. The van der Waals surface area contributed by atoms with E-state index in [9.17, 15) is 9.90 Å². The van der Waals surface area contributed by atoms with Crippen molar-refractivity contribution in [2.75, 3.05) is 12.4 Å². The molecule has 3 N–H and O–H groups in total. The number of methoxy groups -OCH3 is 1. The number of rotatable bonds is 9. The third kappa shape index (κ3) is 5.16. The van der Waals surface area contributed by atoms with Crippen molar-refractivity contribution in [3.05, 3.63) is 155 Å². The van der Waals surface area contributed by atoms with Crippen LogP contribution in [-0.4, -0.2) is 33.0 Å². The zero-order valence-corrected chi connectivity index (χ0v) is 24.5. The summed E-state index contributed by atoms with van der Waals surface area (Å²) in [4.78, 5) is 17.8. The first-order valence-corrected chi connectivity index (χ1v) is 14.4. The number of aromatic nitrogens is 3. The number of urea groups is 1. The van der Waals surface area contributed by atoms with Crippen LogP contribution >= 0.6 is 0 Å². The van der Waals surface area contributed by atoms with Crippen LogP contribution in [0, 0.1) is 0 Å². The number of carbonyl (C=O) groups excluding carboxylic acids is 1. The van der Waals surface area contributed by atoms with Crippen LogP contribution in [0.1, 0.15) is 40.9 Å². The Morgan fingerprint density at radius 1 is 0.841 bits per heavy atom. The third-order valence-electron chi connectivity index (χ3n) is 7.83. The topological polar surface area (TPSA) is 101 Å². The number of ether oxygens (including phenoxy) is 1. The van der Waals surface area contributed by atoms with Crippen molar-refractivity contribution in [1.82, 2.24) is 20.1 Å². The van der Waals surface area contributed by atoms with E-state index in [1.165, 1.54) is 0 Å². The number of nitrogens with one attached hydrogen (secondary N) is 2. The van der Waals surface area contributed by atoms with Gasteiger partial charge in [-0.25, -0.2) is 14.5 Å². The molecular weight excluding hydrogens is 550 g/mol. The van der Waals surface area contributed by atoms with Gasteiger partial charge in [0, 0.05) is 6.07 Å². The molecule has 0 saturated heterocycles. The van der Waals surface area contributed by atoms with Gasteiger partial charge in [0.1, 0.15) is 11.4 Å². The van der Waals surface area contributed by atoms with Gasteiger partial charge >= 0.3 is 6.03 Å². The van der Waals surface area contributed by atoms with Crippen LogP contribution in [0.4, 0.5) is 10.6 Å². The molecule has 2 heterocycles. The zero-order valence-electron chi connectivity index (χ0n) is 24.5. The van der Waals surface area contributed by atoms with E-state index in [2.05, 4.69) is 52.0 Å². The van der Waals surface area contributed by atoms with E-state index < -0.39 is 11.6 Å². The van der Waals surface area contributed by atoms with Crippen LogP contribution in [0.25, 0.3) is 10.9 Å². The summed E-state index contributed by atoms with van der Waals surface area (Å²) in [5.74, 6) is 0.587. The molecule has 0 aliphatic rings. The quantitative estimate of drug-likeness (QED) is 0.165. The maximum Gasteiger partial charge on any atom is 0.320 e. The minimum atomic E-state index is -0.950. The molecule has 0 aliphatic carbocycles. The minimum absolute atomic E-state index is 0.232. The van der Waals surface area contributed by atoms with E-state index in [-0.39, 0.29) is 18.5 Å². The number of hydrogen-bond acceptors (Lipinski definition) is 5. The van der Waals surface area contributed by atoms with Crippen LogP contribution in [0.15, 0.2) is 127 Å². The maximum absolute atomic E-state index is 13.2. The lowest BCUT2D eigenvalue weighted by molar-refractivity contribution is 0.249. The molecule has 2 amide bonds. The lowest BCUT2D eigenvalue weighted by Gasteiger charge is -2.36. The number of hydrogen-bond donors (Lipinski definition) is 3. The summed E-state index contributed by atoms with van der Waals surface area (Å²) >= 11 is 0. The average molecular weight is 584 g/mol. The van der Waals surface area contributed by atoms with Gasteiger partial charge < -0.3 is 15.2 Å². The lowest BCUT2D eigenvalue weighted by Crippen LogP contribution is -2.38. The normalized spacial score (nSPS) is 12.1. The van der Waals surface area contributed by atoms with Crippen molar-refractivity contribution in [3.8, 4) is 5.88 Å². The summed E-state index contributed by atoms with van der Waals surface area (Å²) in [7, 11) is 1.55. The summed E-state index contributed by atoms with van der Waals surface area (Å²) in [6.07, 6.45) is 0. The van der Waals surface area contributed by atoms with E-state index in [4.69, 9.17) is 9.84 Å². The molecule has 8 nitrogen and oxygen atoms in total. The molecule has 0 saturated carbocycles.